The lowest BCUT2D eigenvalue weighted by atomic mass is 10.2. The number of aryl methyl sites for hydroxylation is 1. The zero-order valence-electron chi connectivity index (χ0n) is 10.0. The molecule has 0 aromatic carbocycles. The average Bonchev–Trinajstić information content (AvgIpc) is 2.68. The molecule has 0 spiro atoms. The molecule has 0 aliphatic rings. The molecule has 0 aliphatic heterocycles. The van der Waals surface area contributed by atoms with Gasteiger partial charge in [0.15, 0.2) is 0 Å². The fourth-order valence-corrected chi connectivity index (χ4v) is 1.49. The molecule has 0 saturated carbocycles. The summed E-state index contributed by atoms with van der Waals surface area (Å²) < 4.78 is 26.9. The van der Waals surface area contributed by atoms with Gasteiger partial charge in [-0.2, -0.15) is 0 Å². The third-order valence-electron chi connectivity index (χ3n) is 2.10. The first-order chi connectivity index (χ1) is 8.53. The van der Waals surface area contributed by atoms with Crippen LogP contribution in [0.4, 0.5) is 8.78 Å². The van der Waals surface area contributed by atoms with Crippen molar-refractivity contribution in [3.63, 3.8) is 0 Å². The maximum Gasteiger partial charge on any atom is 0.267 e. The molecular formula is C13H14F2N2O. The van der Waals surface area contributed by atoms with Crippen LogP contribution in [0.1, 0.15) is 31.6 Å². The number of carbonyl (C=O) groups is 1. The van der Waals surface area contributed by atoms with Gasteiger partial charge in [0.05, 0.1) is 11.3 Å². The van der Waals surface area contributed by atoms with Gasteiger partial charge in [-0.05, 0) is 19.9 Å². The standard InChI is InChI=1S/C11H8F2N2.C2H4O.H2/c1-3-8-4-9(10(12)13)11-14-7(2)5-15(11)6-8;1-2-3;/h1,4-6,10H,2H3;2H,1H3;1H. The Morgan fingerprint density at radius 1 is 1.56 bits per heavy atom. The van der Waals surface area contributed by atoms with E-state index in [1.807, 2.05) is 0 Å². The molecule has 0 saturated heterocycles. The van der Waals surface area contributed by atoms with Crippen LogP contribution in [-0.4, -0.2) is 15.7 Å². The molecule has 0 atom stereocenters. The van der Waals surface area contributed by atoms with E-state index >= 15 is 0 Å². The minimum absolute atomic E-state index is 0. The van der Waals surface area contributed by atoms with E-state index in [2.05, 4.69) is 10.9 Å². The maximum absolute atomic E-state index is 12.7. The Labute approximate surface area is 105 Å². The highest BCUT2D eigenvalue weighted by Crippen LogP contribution is 2.24. The summed E-state index contributed by atoms with van der Waals surface area (Å²) >= 11 is 0. The highest BCUT2D eigenvalue weighted by molar-refractivity contribution is 5.53. The van der Waals surface area contributed by atoms with Gasteiger partial charge in [-0.3, -0.25) is 0 Å². The number of fused-ring (bicyclic) bond motifs is 1. The average molecular weight is 252 g/mol. The highest BCUT2D eigenvalue weighted by atomic mass is 19.3. The molecule has 0 N–H and O–H groups in total. The number of pyridine rings is 1. The van der Waals surface area contributed by atoms with Crippen LogP contribution in [0, 0.1) is 19.3 Å². The van der Waals surface area contributed by atoms with Crippen molar-refractivity contribution in [2.75, 3.05) is 0 Å². The van der Waals surface area contributed by atoms with Gasteiger partial charge in [-0.15, -0.1) is 6.42 Å². The van der Waals surface area contributed by atoms with Gasteiger partial charge in [0.1, 0.15) is 11.9 Å². The second kappa shape index (κ2) is 5.92. The van der Waals surface area contributed by atoms with Crippen LogP contribution in [-0.2, 0) is 4.79 Å². The van der Waals surface area contributed by atoms with Gasteiger partial charge in [0.25, 0.3) is 6.43 Å². The molecule has 0 fully saturated rings. The van der Waals surface area contributed by atoms with E-state index in [0.29, 0.717) is 11.3 Å². The molecule has 0 bridgehead atoms. The van der Waals surface area contributed by atoms with Crippen molar-refractivity contribution in [3.8, 4) is 12.3 Å². The minimum Gasteiger partial charge on any atom is -0.305 e. The fourth-order valence-electron chi connectivity index (χ4n) is 1.49. The lowest BCUT2D eigenvalue weighted by Crippen LogP contribution is -1.94. The summed E-state index contributed by atoms with van der Waals surface area (Å²) in [6.07, 6.45) is 6.65. The lowest BCUT2D eigenvalue weighted by Gasteiger charge is -2.03. The number of terminal acetylenes is 1. The van der Waals surface area contributed by atoms with Crippen LogP contribution < -0.4 is 0 Å². The van der Waals surface area contributed by atoms with Crippen LogP contribution >= 0.6 is 0 Å². The van der Waals surface area contributed by atoms with E-state index < -0.39 is 6.43 Å². The zero-order chi connectivity index (χ0) is 13.7. The summed E-state index contributed by atoms with van der Waals surface area (Å²) in [4.78, 5) is 12.8. The van der Waals surface area contributed by atoms with Crippen LogP contribution in [0.3, 0.4) is 0 Å². The smallest absolute Gasteiger partial charge is 0.267 e. The number of halogens is 2. The Morgan fingerprint density at radius 2 is 2.17 bits per heavy atom. The Bertz CT molecular complexity index is 602. The van der Waals surface area contributed by atoms with E-state index in [0.717, 1.165) is 6.29 Å². The van der Waals surface area contributed by atoms with Crippen molar-refractivity contribution in [2.24, 2.45) is 0 Å². The molecule has 18 heavy (non-hydrogen) atoms. The van der Waals surface area contributed by atoms with E-state index in [-0.39, 0.29) is 12.6 Å². The number of alkyl halides is 2. The predicted octanol–water partition coefficient (Wildman–Crippen LogP) is 3.01. The molecule has 2 rings (SSSR count). The number of hydrogen-bond donors (Lipinski definition) is 0. The van der Waals surface area contributed by atoms with Gasteiger partial charge in [-0.1, -0.05) is 5.92 Å². The van der Waals surface area contributed by atoms with E-state index in [1.54, 1.807) is 19.3 Å². The SMILES string of the molecule is C#Cc1cc(C(F)F)c2nc(C)cn2c1.CC=O.[HH]. The quantitative estimate of drug-likeness (QED) is 0.577. The Hall–Kier alpha value is -2.22. The van der Waals surface area contributed by atoms with Crippen molar-refractivity contribution in [1.82, 2.24) is 9.38 Å². The molecule has 2 heterocycles. The third-order valence-corrected chi connectivity index (χ3v) is 2.10. The minimum atomic E-state index is -2.57. The van der Waals surface area contributed by atoms with Gasteiger partial charge < -0.3 is 9.20 Å². The van der Waals surface area contributed by atoms with Crippen molar-refractivity contribution < 1.29 is 15.0 Å². The Kier molecular flexibility index (Phi) is 4.55. The molecule has 0 radical (unpaired) electrons. The first-order valence-corrected chi connectivity index (χ1v) is 5.17. The van der Waals surface area contributed by atoms with E-state index in [9.17, 15) is 8.78 Å². The number of imidazole rings is 1. The predicted molar refractivity (Wildman–Crippen MR) is 66.7 cm³/mol. The molecule has 0 aliphatic carbocycles. The fraction of sp³-hybridized carbons (Fsp3) is 0.231. The van der Waals surface area contributed by atoms with Crippen LogP contribution in [0.5, 0.6) is 0 Å². The molecule has 0 amide bonds. The first kappa shape index (κ1) is 13.8. The third kappa shape index (κ3) is 2.92. The topological polar surface area (TPSA) is 34.4 Å². The maximum atomic E-state index is 12.7. The van der Waals surface area contributed by atoms with Gasteiger partial charge in [0.2, 0.25) is 0 Å². The Morgan fingerprint density at radius 3 is 2.67 bits per heavy atom. The van der Waals surface area contributed by atoms with Gasteiger partial charge in [0, 0.05) is 19.4 Å². The van der Waals surface area contributed by atoms with E-state index in [1.165, 1.54) is 17.4 Å². The van der Waals surface area contributed by atoms with Crippen molar-refractivity contribution in [3.05, 3.63) is 35.3 Å². The number of hydrogen-bond acceptors (Lipinski definition) is 2. The number of aldehydes is 1. The van der Waals surface area contributed by atoms with Gasteiger partial charge in [-0.25, -0.2) is 13.8 Å². The summed E-state index contributed by atoms with van der Waals surface area (Å²) in [5.41, 5.74) is 1.25. The number of nitrogens with zero attached hydrogens (tertiary/aromatic N) is 2. The molecule has 0 unspecified atom stereocenters. The summed E-state index contributed by atoms with van der Waals surface area (Å²) in [5, 5.41) is 0. The largest absolute Gasteiger partial charge is 0.305 e. The van der Waals surface area contributed by atoms with E-state index in [4.69, 9.17) is 11.2 Å². The Balaban J connectivity index is 0.000000742. The number of carbonyl (C=O) groups excluding carboxylic acids is 1. The monoisotopic (exact) mass is 252 g/mol. The van der Waals surface area contributed by atoms with Crippen LogP contribution in [0.15, 0.2) is 18.5 Å². The zero-order valence-corrected chi connectivity index (χ0v) is 10.0. The molecule has 2 aromatic rings. The van der Waals surface area contributed by atoms with Crippen molar-refractivity contribution in [2.45, 2.75) is 20.3 Å². The second-order valence-electron chi connectivity index (χ2n) is 3.48. The summed E-state index contributed by atoms with van der Waals surface area (Å²) in [5.74, 6) is 2.34. The summed E-state index contributed by atoms with van der Waals surface area (Å²) in [6.45, 7) is 3.19. The molecular weight excluding hydrogens is 238 g/mol. The summed E-state index contributed by atoms with van der Waals surface area (Å²) in [6, 6.07) is 1.30. The molecule has 3 nitrogen and oxygen atoms in total. The van der Waals surface area contributed by atoms with Crippen molar-refractivity contribution in [1.29, 1.82) is 0 Å². The highest BCUT2D eigenvalue weighted by Gasteiger charge is 2.14. The molecule has 5 heteroatoms. The second-order valence-corrected chi connectivity index (χ2v) is 3.48. The molecule has 96 valence electrons. The van der Waals surface area contributed by atoms with Crippen molar-refractivity contribution >= 4 is 11.9 Å². The van der Waals surface area contributed by atoms with Crippen LogP contribution in [0.25, 0.3) is 5.65 Å². The number of rotatable bonds is 1. The van der Waals surface area contributed by atoms with Crippen LogP contribution in [0.2, 0.25) is 0 Å². The lowest BCUT2D eigenvalue weighted by molar-refractivity contribution is -0.106. The normalized spacial score (nSPS) is 9.78. The van der Waals surface area contributed by atoms with Gasteiger partial charge >= 0.3 is 0 Å². The first-order valence-electron chi connectivity index (χ1n) is 5.17. The number of aromatic nitrogens is 2. The molecule has 2 aromatic heterocycles. The summed E-state index contributed by atoms with van der Waals surface area (Å²) in [7, 11) is 0.